The summed E-state index contributed by atoms with van der Waals surface area (Å²) in [7, 11) is 0. The summed E-state index contributed by atoms with van der Waals surface area (Å²) in [5.74, 6) is -5.85. The van der Waals surface area contributed by atoms with Crippen LogP contribution in [0, 0.1) is 0 Å². The molecule has 12 heteroatoms. The van der Waals surface area contributed by atoms with Crippen molar-refractivity contribution in [2.45, 2.75) is 19.4 Å². The van der Waals surface area contributed by atoms with E-state index in [9.17, 15) is 34.2 Å². The van der Waals surface area contributed by atoms with E-state index in [4.69, 9.17) is 12.2 Å². The number of hydrogen-bond acceptors (Lipinski definition) is 9. The second kappa shape index (κ2) is 7.69. The highest BCUT2D eigenvalue weighted by Crippen LogP contribution is 2.46. The summed E-state index contributed by atoms with van der Waals surface area (Å²) >= 11 is 8.96. The monoisotopic (exact) mass is 496 g/mol. The normalized spacial score (nSPS) is 19.6. The Bertz CT molecular complexity index is 1050. The Labute approximate surface area is 181 Å². The van der Waals surface area contributed by atoms with Gasteiger partial charge in [-0.1, -0.05) is 39.9 Å². The maximum atomic E-state index is 12.9. The van der Waals surface area contributed by atoms with Crippen LogP contribution < -0.4 is 15.1 Å². The summed E-state index contributed by atoms with van der Waals surface area (Å²) in [6.07, 6.45) is -1.03. The van der Waals surface area contributed by atoms with E-state index in [1.165, 1.54) is 19.1 Å². The van der Waals surface area contributed by atoms with Crippen LogP contribution in [0.3, 0.4) is 0 Å². The van der Waals surface area contributed by atoms with Crippen LogP contribution in [0.2, 0.25) is 0 Å². The molecule has 0 radical (unpaired) electrons. The van der Waals surface area contributed by atoms with Gasteiger partial charge in [-0.3, -0.25) is 19.3 Å². The molecule has 1 aromatic carbocycles. The molecular weight excluding hydrogens is 488 g/mol. The Kier molecular flexibility index (Phi) is 5.61. The van der Waals surface area contributed by atoms with Gasteiger partial charge in [0.15, 0.2) is 0 Å². The van der Waals surface area contributed by atoms with Crippen molar-refractivity contribution in [3.63, 3.8) is 0 Å². The van der Waals surface area contributed by atoms with E-state index >= 15 is 0 Å². The SMILES string of the molecule is CC(=O)N1C(=O)/C(=C2\SC(=S)N([C@@H](CC(=O)[O-])C(=O)[O-])C2=O)c2cc(Br)ccc21. The third-order valence-corrected chi connectivity index (χ3v) is 6.06. The number of aliphatic carboxylic acids is 2. The summed E-state index contributed by atoms with van der Waals surface area (Å²) in [6, 6.07) is 2.78. The quantitative estimate of drug-likeness (QED) is 0.386. The molecule has 9 nitrogen and oxygen atoms in total. The number of hydrogen-bond donors (Lipinski definition) is 0. The molecule has 1 atom stereocenters. The zero-order valence-corrected chi connectivity index (χ0v) is 17.7. The number of halogens is 1. The maximum Gasteiger partial charge on any atom is 0.267 e. The Hall–Kier alpha value is -2.57. The number of carbonyl (C=O) groups excluding carboxylic acids is 5. The first-order valence-corrected chi connectivity index (χ1v) is 9.91. The topological polar surface area (TPSA) is 138 Å². The Morgan fingerprint density at radius 1 is 1.21 bits per heavy atom. The number of fused-ring (bicyclic) bond motifs is 1. The fourth-order valence-electron chi connectivity index (χ4n) is 3.01. The lowest BCUT2D eigenvalue weighted by atomic mass is 10.1. The van der Waals surface area contributed by atoms with Gasteiger partial charge in [-0.05, 0) is 18.2 Å². The van der Waals surface area contributed by atoms with Gasteiger partial charge >= 0.3 is 0 Å². The van der Waals surface area contributed by atoms with Crippen molar-refractivity contribution in [1.82, 2.24) is 4.90 Å². The molecule has 150 valence electrons. The van der Waals surface area contributed by atoms with E-state index in [0.29, 0.717) is 21.1 Å². The molecule has 0 saturated carbocycles. The minimum atomic E-state index is -1.90. The lowest BCUT2D eigenvalue weighted by Crippen LogP contribution is -2.52. The molecule has 3 rings (SSSR count). The number of thiocarbonyl (C=S) groups is 1. The van der Waals surface area contributed by atoms with Crippen molar-refractivity contribution in [3.8, 4) is 0 Å². The van der Waals surface area contributed by atoms with Gasteiger partial charge in [-0.2, -0.15) is 0 Å². The largest absolute Gasteiger partial charge is 0.550 e. The number of imide groups is 1. The molecule has 2 aliphatic heterocycles. The van der Waals surface area contributed by atoms with Gasteiger partial charge in [0, 0.05) is 29.4 Å². The van der Waals surface area contributed by atoms with E-state index in [1.54, 1.807) is 6.07 Å². The molecule has 2 heterocycles. The van der Waals surface area contributed by atoms with Gasteiger partial charge in [-0.15, -0.1) is 0 Å². The predicted molar refractivity (Wildman–Crippen MR) is 105 cm³/mol. The van der Waals surface area contributed by atoms with Gasteiger partial charge in [0.05, 0.1) is 28.2 Å². The number of benzene rings is 1. The second-order valence-electron chi connectivity index (χ2n) is 5.98. The molecule has 1 fully saturated rings. The second-order valence-corrected chi connectivity index (χ2v) is 8.54. The average molecular weight is 497 g/mol. The highest BCUT2D eigenvalue weighted by molar-refractivity contribution is 9.10. The number of anilines is 1. The molecule has 2 aliphatic rings. The number of rotatable bonds is 4. The van der Waals surface area contributed by atoms with E-state index in [0.717, 1.165) is 4.90 Å². The molecule has 1 saturated heterocycles. The number of nitrogens with zero attached hydrogens (tertiary/aromatic N) is 2. The first kappa shape index (κ1) is 21.1. The fraction of sp³-hybridized carbons (Fsp3) is 0.176. The molecule has 0 aliphatic carbocycles. The van der Waals surface area contributed by atoms with E-state index in [1.807, 2.05) is 0 Å². The third kappa shape index (κ3) is 3.58. The lowest BCUT2D eigenvalue weighted by molar-refractivity contribution is -0.319. The van der Waals surface area contributed by atoms with Gasteiger partial charge in [0.25, 0.3) is 11.8 Å². The molecule has 3 amide bonds. The van der Waals surface area contributed by atoms with Crippen molar-refractivity contribution in [1.29, 1.82) is 0 Å². The molecule has 0 unspecified atom stereocenters. The molecule has 1 aromatic rings. The Morgan fingerprint density at radius 2 is 1.86 bits per heavy atom. The van der Waals surface area contributed by atoms with Crippen LogP contribution >= 0.6 is 39.9 Å². The smallest absolute Gasteiger partial charge is 0.267 e. The number of thioether (sulfide) groups is 1. The average Bonchev–Trinajstić information content (AvgIpc) is 3.04. The lowest BCUT2D eigenvalue weighted by Gasteiger charge is -2.27. The van der Waals surface area contributed by atoms with Crippen molar-refractivity contribution >= 4 is 85.2 Å². The number of carboxylic acids is 2. The molecular formula is C17H9BrN2O7S2-2. The number of carbonyl (C=O) groups is 5. The van der Waals surface area contributed by atoms with Crippen molar-refractivity contribution in [2.24, 2.45) is 0 Å². The molecule has 29 heavy (non-hydrogen) atoms. The molecule has 0 bridgehead atoms. The van der Waals surface area contributed by atoms with Crippen LogP contribution in [-0.4, -0.2) is 44.9 Å². The zero-order chi connectivity index (χ0) is 21.6. The third-order valence-electron chi connectivity index (χ3n) is 4.17. The molecule has 0 aromatic heterocycles. The van der Waals surface area contributed by atoms with Gasteiger partial charge in [0.1, 0.15) is 4.32 Å². The number of amides is 3. The van der Waals surface area contributed by atoms with Gasteiger partial charge < -0.3 is 19.8 Å². The zero-order valence-electron chi connectivity index (χ0n) is 14.5. The summed E-state index contributed by atoms with van der Waals surface area (Å²) in [6.45, 7) is 1.18. The maximum absolute atomic E-state index is 12.9. The first-order valence-electron chi connectivity index (χ1n) is 7.89. The highest BCUT2D eigenvalue weighted by atomic mass is 79.9. The van der Waals surface area contributed by atoms with E-state index in [2.05, 4.69) is 15.9 Å². The van der Waals surface area contributed by atoms with Crippen molar-refractivity contribution in [2.75, 3.05) is 4.90 Å². The van der Waals surface area contributed by atoms with Crippen LogP contribution in [0.5, 0.6) is 0 Å². The van der Waals surface area contributed by atoms with Gasteiger partial charge in [0.2, 0.25) is 5.91 Å². The first-order chi connectivity index (χ1) is 13.5. The van der Waals surface area contributed by atoms with Crippen LogP contribution in [0.15, 0.2) is 27.6 Å². The van der Waals surface area contributed by atoms with Gasteiger partial charge in [-0.25, -0.2) is 4.90 Å². The Balaban J connectivity index is 2.16. The minimum absolute atomic E-state index is 0.123. The standard InChI is InChI=1S/C17H11BrN2O7S2/c1-6(21)19-9-3-2-7(18)4-8(9)12(14(19)24)13-15(25)20(17(28)29-13)10(16(26)27)5-11(22)23/h2-4,10H,5H2,1H3,(H,22,23)(H,26,27)/p-2/b13-12-/t10-/m0/s1. The van der Waals surface area contributed by atoms with E-state index in [-0.39, 0.29) is 26.0 Å². The van der Waals surface area contributed by atoms with Crippen molar-refractivity contribution < 1.29 is 34.2 Å². The summed E-state index contributed by atoms with van der Waals surface area (Å²) in [4.78, 5) is 61.4. The van der Waals surface area contributed by atoms with E-state index < -0.39 is 42.1 Å². The van der Waals surface area contributed by atoms with Crippen molar-refractivity contribution in [3.05, 3.63) is 33.1 Å². The summed E-state index contributed by atoms with van der Waals surface area (Å²) < 4.78 is 0.325. The fourth-order valence-corrected chi connectivity index (χ4v) is 4.80. The number of carboxylic acid groups (broad SMARTS) is 2. The molecule has 0 spiro atoms. The van der Waals surface area contributed by atoms with Crippen LogP contribution in [0.25, 0.3) is 5.57 Å². The van der Waals surface area contributed by atoms with Crippen LogP contribution in [0.4, 0.5) is 5.69 Å². The summed E-state index contributed by atoms with van der Waals surface area (Å²) in [5, 5.41) is 22.3. The molecule has 0 N–H and O–H groups in total. The summed E-state index contributed by atoms with van der Waals surface area (Å²) in [5.41, 5.74) is 0.420. The van der Waals surface area contributed by atoms with Crippen LogP contribution in [0.1, 0.15) is 18.9 Å². The highest BCUT2D eigenvalue weighted by Gasteiger charge is 2.45. The Morgan fingerprint density at radius 3 is 2.41 bits per heavy atom. The van der Waals surface area contributed by atoms with Crippen LogP contribution in [-0.2, 0) is 24.0 Å². The predicted octanol–water partition coefficient (Wildman–Crippen LogP) is -0.828. The minimum Gasteiger partial charge on any atom is -0.550 e.